The number of hydrogen-bond acceptors (Lipinski definition) is 5. The minimum Gasteiger partial charge on any atom is -0.297 e. The Morgan fingerprint density at radius 3 is 2.47 bits per heavy atom. The summed E-state index contributed by atoms with van der Waals surface area (Å²) >= 11 is 0. The van der Waals surface area contributed by atoms with E-state index in [-0.39, 0.29) is 5.16 Å². The van der Waals surface area contributed by atoms with Gasteiger partial charge in [-0.15, -0.1) is 10.2 Å². The Morgan fingerprint density at radius 2 is 1.95 bits per heavy atom. The van der Waals surface area contributed by atoms with Gasteiger partial charge in [0.25, 0.3) is 15.2 Å². The van der Waals surface area contributed by atoms with Crippen LogP contribution in [0, 0.1) is 13.8 Å². The van der Waals surface area contributed by atoms with Crippen molar-refractivity contribution in [1.29, 1.82) is 0 Å². The van der Waals surface area contributed by atoms with Crippen LogP contribution in [0.1, 0.15) is 18.3 Å². The van der Waals surface area contributed by atoms with Gasteiger partial charge < -0.3 is 0 Å². The molecule has 0 spiro atoms. The zero-order valence-corrected chi connectivity index (χ0v) is 11.8. The van der Waals surface area contributed by atoms with E-state index in [0.29, 0.717) is 12.4 Å². The van der Waals surface area contributed by atoms with Crippen LogP contribution in [-0.4, -0.2) is 28.2 Å². The Balaban J connectivity index is 2.67. The quantitative estimate of drug-likeness (QED) is 0.888. The number of nitrogens with two attached hydrogens (primary N) is 1. The minimum absolute atomic E-state index is 0.232. The molecule has 2 aromatic rings. The molecular weight excluding hydrogens is 266 g/mol. The third kappa shape index (κ3) is 2.49. The molecule has 102 valence electrons. The van der Waals surface area contributed by atoms with E-state index < -0.39 is 10.0 Å². The molecule has 0 saturated heterocycles. The van der Waals surface area contributed by atoms with Gasteiger partial charge in [0.1, 0.15) is 0 Å². The molecule has 2 N–H and O–H groups in total. The summed E-state index contributed by atoms with van der Waals surface area (Å²) in [7, 11) is -3.88. The van der Waals surface area contributed by atoms with Gasteiger partial charge in [-0.25, -0.2) is 13.6 Å². The first-order valence-electron chi connectivity index (χ1n) is 5.75. The molecule has 2 rings (SSSR count). The Kier molecular flexibility index (Phi) is 3.38. The summed E-state index contributed by atoms with van der Waals surface area (Å²) in [5.74, 6) is 0.455. The Hall–Kier alpha value is -1.80. The second-order valence-corrected chi connectivity index (χ2v) is 5.64. The predicted molar refractivity (Wildman–Crippen MR) is 69.8 cm³/mol. The molecule has 0 fully saturated rings. The maximum Gasteiger partial charge on any atom is 0.273 e. The molecule has 8 heteroatoms. The Morgan fingerprint density at radius 1 is 1.26 bits per heavy atom. The third-order valence-electron chi connectivity index (χ3n) is 2.75. The number of aromatic nitrogens is 4. The van der Waals surface area contributed by atoms with Gasteiger partial charge in [-0.2, -0.15) is 0 Å². The summed E-state index contributed by atoms with van der Waals surface area (Å²) in [6.07, 6.45) is 0. The highest BCUT2D eigenvalue weighted by atomic mass is 32.2. The van der Waals surface area contributed by atoms with Crippen LogP contribution < -0.4 is 5.14 Å². The summed E-state index contributed by atoms with van der Waals surface area (Å²) in [6.45, 7) is 5.94. The third-order valence-corrected chi connectivity index (χ3v) is 3.56. The molecular formula is C11H15N5O2S. The van der Waals surface area contributed by atoms with E-state index in [9.17, 15) is 8.42 Å². The standard InChI is InChI=1S/C11H15N5O2S/c1-4-16-10(14-15-11(16)19(12,17)18)9-6-5-7(2)13-8(9)3/h5-6H,4H2,1-3H3,(H2,12,17,18). The number of primary sulfonamides is 1. The van der Waals surface area contributed by atoms with E-state index in [1.165, 1.54) is 4.57 Å². The van der Waals surface area contributed by atoms with Crippen molar-refractivity contribution in [3.63, 3.8) is 0 Å². The molecule has 0 bridgehead atoms. The van der Waals surface area contributed by atoms with E-state index in [1.54, 1.807) is 6.92 Å². The van der Waals surface area contributed by atoms with Gasteiger partial charge in [-0.05, 0) is 32.9 Å². The SMILES string of the molecule is CCn1c(-c2ccc(C)nc2C)nnc1S(N)(=O)=O. The van der Waals surface area contributed by atoms with Gasteiger partial charge in [0.15, 0.2) is 5.82 Å². The summed E-state index contributed by atoms with van der Waals surface area (Å²) in [5, 5.41) is 12.5. The largest absolute Gasteiger partial charge is 0.297 e. The molecule has 2 aromatic heterocycles. The Labute approximate surface area is 111 Å². The van der Waals surface area contributed by atoms with E-state index in [0.717, 1.165) is 17.0 Å². The smallest absolute Gasteiger partial charge is 0.273 e. The van der Waals surface area contributed by atoms with Crippen LogP contribution >= 0.6 is 0 Å². The fraction of sp³-hybridized carbons (Fsp3) is 0.364. The predicted octanol–water partition coefficient (Wildman–Crippen LogP) is 0.624. The zero-order valence-electron chi connectivity index (χ0n) is 11.0. The molecule has 0 aliphatic heterocycles. The monoisotopic (exact) mass is 281 g/mol. The van der Waals surface area contributed by atoms with Crippen molar-refractivity contribution in [3.8, 4) is 11.4 Å². The number of hydrogen-bond donors (Lipinski definition) is 1. The Bertz CT molecular complexity index is 721. The number of aryl methyl sites for hydroxylation is 2. The molecule has 7 nitrogen and oxygen atoms in total. The highest BCUT2D eigenvalue weighted by Gasteiger charge is 2.21. The van der Waals surface area contributed by atoms with Gasteiger partial charge in [0.2, 0.25) is 0 Å². The zero-order chi connectivity index (χ0) is 14.2. The number of pyridine rings is 1. The van der Waals surface area contributed by atoms with Crippen molar-refractivity contribution in [3.05, 3.63) is 23.5 Å². The van der Waals surface area contributed by atoms with Crippen LogP contribution in [0.3, 0.4) is 0 Å². The van der Waals surface area contributed by atoms with Gasteiger partial charge in [-0.1, -0.05) is 0 Å². The highest BCUT2D eigenvalue weighted by molar-refractivity contribution is 7.89. The molecule has 0 amide bonds. The van der Waals surface area contributed by atoms with Crippen LogP contribution in [0.4, 0.5) is 0 Å². The molecule has 0 unspecified atom stereocenters. The van der Waals surface area contributed by atoms with E-state index in [2.05, 4.69) is 15.2 Å². The van der Waals surface area contributed by atoms with Crippen LogP contribution in [-0.2, 0) is 16.6 Å². The first-order valence-corrected chi connectivity index (χ1v) is 7.30. The first kappa shape index (κ1) is 13.6. The normalized spacial score (nSPS) is 11.8. The van der Waals surface area contributed by atoms with Gasteiger partial charge in [0.05, 0.1) is 0 Å². The number of nitrogens with zero attached hydrogens (tertiary/aromatic N) is 4. The van der Waals surface area contributed by atoms with Crippen LogP contribution in [0.25, 0.3) is 11.4 Å². The van der Waals surface area contributed by atoms with Crippen LogP contribution in [0.2, 0.25) is 0 Å². The second-order valence-electron chi connectivity index (χ2n) is 4.18. The van der Waals surface area contributed by atoms with Crippen molar-refractivity contribution in [2.45, 2.75) is 32.5 Å². The molecule has 0 radical (unpaired) electrons. The molecule has 0 aliphatic rings. The van der Waals surface area contributed by atoms with E-state index in [1.807, 2.05) is 26.0 Å². The average Bonchev–Trinajstić information content (AvgIpc) is 2.72. The molecule has 19 heavy (non-hydrogen) atoms. The summed E-state index contributed by atoms with van der Waals surface area (Å²) in [6, 6.07) is 3.69. The van der Waals surface area contributed by atoms with Crippen molar-refractivity contribution in [1.82, 2.24) is 19.7 Å². The van der Waals surface area contributed by atoms with Gasteiger partial charge in [0, 0.05) is 23.5 Å². The lowest BCUT2D eigenvalue weighted by Gasteiger charge is -2.08. The number of sulfonamides is 1. The second kappa shape index (κ2) is 4.71. The topological polar surface area (TPSA) is 104 Å². The minimum atomic E-state index is -3.88. The highest BCUT2D eigenvalue weighted by Crippen LogP contribution is 2.22. The van der Waals surface area contributed by atoms with E-state index in [4.69, 9.17) is 5.14 Å². The molecule has 0 aromatic carbocycles. The molecule has 0 atom stereocenters. The summed E-state index contributed by atoms with van der Waals surface area (Å²) in [4.78, 5) is 4.33. The lowest BCUT2D eigenvalue weighted by Crippen LogP contribution is -2.18. The van der Waals surface area contributed by atoms with E-state index >= 15 is 0 Å². The fourth-order valence-corrected chi connectivity index (χ4v) is 2.58. The lowest BCUT2D eigenvalue weighted by molar-refractivity contribution is 0.570. The maximum absolute atomic E-state index is 11.4. The van der Waals surface area contributed by atoms with Gasteiger partial charge >= 0.3 is 0 Å². The first-order chi connectivity index (χ1) is 8.84. The van der Waals surface area contributed by atoms with Gasteiger partial charge in [-0.3, -0.25) is 9.55 Å². The summed E-state index contributed by atoms with van der Waals surface area (Å²) < 4.78 is 24.3. The van der Waals surface area contributed by atoms with Crippen LogP contribution in [0.15, 0.2) is 17.3 Å². The maximum atomic E-state index is 11.4. The summed E-state index contributed by atoms with van der Waals surface area (Å²) in [5.41, 5.74) is 2.40. The molecule has 0 aliphatic carbocycles. The lowest BCUT2D eigenvalue weighted by atomic mass is 10.2. The van der Waals surface area contributed by atoms with Crippen molar-refractivity contribution < 1.29 is 8.42 Å². The number of rotatable bonds is 3. The fourth-order valence-electron chi connectivity index (χ4n) is 1.91. The average molecular weight is 281 g/mol. The molecule has 0 saturated carbocycles. The molecule has 2 heterocycles. The van der Waals surface area contributed by atoms with Crippen molar-refractivity contribution in [2.24, 2.45) is 5.14 Å². The van der Waals surface area contributed by atoms with Crippen LogP contribution in [0.5, 0.6) is 0 Å². The van der Waals surface area contributed by atoms with Crippen molar-refractivity contribution >= 4 is 10.0 Å². The van der Waals surface area contributed by atoms with Crippen molar-refractivity contribution in [2.75, 3.05) is 0 Å².